The number of aliphatic imine (C=N–C) groups is 2. The normalized spacial score (nSPS) is 12.7. The fraction of sp³-hybridized carbons (Fsp3) is 0.118. The van der Waals surface area contributed by atoms with Gasteiger partial charge in [0.15, 0.2) is 5.96 Å². The molecule has 8 nitrogen and oxygen atoms in total. The van der Waals surface area contributed by atoms with Gasteiger partial charge >= 0.3 is 0 Å². The minimum Gasteiger partial charge on any atom is -0.370 e. The number of nitrogens with two attached hydrogens (primary N) is 2. The summed E-state index contributed by atoms with van der Waals surface area (Å²) in [5.74, 6) is -0.227. The van der Waals surface area contributed by atoms with Crippen LogP contribution < -0.4 is 22.2 Å². The van der Waals surface area contributed by atoms with Crippen LogP contribution in [0.2, 0.25) is 0 Å². The molecule has 0 aromatic heterocycles. The van der Waals surface area contributed by atoms with Gasteiger partial charge in [0.2, 0.25) is 0 Å². The third-order valence-corrected chi connectivity index (χ3v) is 3.49. The van der Waals surface area contributed by atoms with Gasteiger partial charge in [-0.05, 0) is 48.5 Å². The highest BCUT2D eigenvalue weighted by Gasteiger charge is 2.07. The first-order valence-corrected chi connectivity index (χ1v) is 7.74. The average Bonchev–Trinajstić information content (AvgIpc) is 3.10. The smallest absolute Gasteiger partial charge is 0.255 e. The highest BCUT2D eigenvalue weighted by atomic mass is 16.1. The summed E-state index contributed by atoms with van der Waals surface area (Å²) in [7, 11) is 0. The Bertz CT molecular complexity index is 793. The molecular formula is C17H19N7O. The van der Waals surface area contributed by atoms with E-state index in [-0.39, 0.29) is 11.9 Å². The molecule has 0 fully saturated rings. The summed E-state index contributed by atoms with van der Waals surface area (Å²) in [6.45, 7) is 1.64. The molecule has 1 aliphatic rings. The Morgan fingerprint density at radius 2 is 1.72 bits per heavy atom. The predicted octanol–water partition coefficient (Wildman–Crippen LogP) is 1.51. The molecule has 0 unspecified atom stereocenters. The van der Waals surface area contributed by atoms with Gasteiger partial charge in [-0.25, -0.2) is 4.99 Å². The quantitative estimate of drug-likeness (QED) is 0.487. The van der Waals surface area contributed by atoms with Gasteiger partial charge in [0.05, 0.1) is 24.5 Å². The fourth-order valence-electron chi connectivity index (χ4n) is 2.30. The van der Waals surface area contributed by atoms with Crippen LogP contribution in [0.1, 0.15) is 10.4 Å². The van der Waals surface area contributed by atoms with Crippen molar-refractivity contribution in [1.29, 1.82) is 0 Å². The number of amides is 1. The molecule has 0 radical (unpaired) electrons. The average molecular weight is 337 g/mol. The Balaban J connectivity index is 1.60. The van der Waals surface area contributed by atoms with Crippen LogP contribution in [0.4, 0.5) is 17.1 Å². The molecule has 0 bridgehead atoms. The van der Waals surface area contributed by atoms with Crippen LogP contribution in [-0.4, -0.2) is 36.3 Å². The Kier molecular flexibility index (Phi) is 4.79. The van der Waals surface area contributed by atoms with Gasteiger partial charge in [-0.3, -0.25) is 20.2 Å². The number of benzene rings is 2. The summed E-state index contributed by atoms with van der Waals surface area (Å²) in [5, 5.41) is 4.76. The molecule has 2 aromatic rings. The lowest BCUT2D eigenvalue weighted by Crippen LogP contribution is -2.26. The van der Waals surface area contributed by atoms with Crippen molar-refractivity contribution in [2.75, 3.05) is 23.8 Å². The van der Waals surface area contributed by atoms with Crippen molar-refractivity contribution in [3.63, 3.8) is 0 Å². The number of nitrogens with one attached hydrogen (secondary N) is 2. The molecule has 1 aliphatic heterocycles. The number of hydrogen-bond acceptors (Lipinski definition) is 5. The largest absolute Gasteiger partial charge is 0.370 e. The number of nitrogens with zero attached hydrogens (tertiary/aromatic N) is 3. The lowest BCUT2D eigenvalue weighted by Gasteiger charge is -2.16. The summed E-state index contributed by atoms with van der Waals surface area (Å²) < 4.78 is 0. The second-order valence-corrected chi connectivity index (χ2v) is 5.44. The van der Waals surface area contributed by atoms with Gasteiger partial charge in [0.25, 0.3) is 5.91 Å². The lowest BCUT2D eigenvalue weighted by molar-refractivity contribution is 0.102. The van der Waals surface area contributed by atoms with E-state index in [0.717, 1.165) is 18.8 Å². The van der Waals surface area contributed by atoms with E-state index in [1.165, 1.54) is 0 Å². The fourth-order valence-corrected chi connectivity index (χ4v) is 2.30. The topological polar surface area (TPSA) is 121 Å². The van der Waals surface area contributed by atoms with Crippen LogP contribution in [-0.2, 0) is 0 Å². The van der Waals surface area contributed by atoms with E-state index in [4.69, 9.17) is 11.5 Å². The van der Waals surface area contributed by atoms with Gasteiger partial charge in [-0.1, -0.05) is 0 Å². The molecule has 0 spiro atoms. The molecule has 25 heavy (non-hydrogen) atoms. The van der Waals surface area contributed by atoms with Gasteiger partial charge in [-0.15, -0.1) is 0 Å². The molecule has 3 rings (SSSR count). The molecule has 8 heteroatoms. The molecule has 0 saturated carbocycles. The first-order valence-electron chi connectivity index (χ1n) is 7.74. The Morgan fingerprint density at radius 3 is 2.32 bits per heavy atom. The van der Waals surface area contributed by atoms with E-state index in [1.54, 1.807) is 30.6 Å². The summed E-state index contributed by atoms with van der Waals surface area (Å²) in [5.41, 5.74) is 16.6. The number of anilines is 2. The summed E-state index contributed by atoms with van der Waals surface area (Å²) in [4.78, 5) is 20.3. The minimum atomic E-state index is -0.205. The van der Waals surface area contributed by atoms with Crippen LogP contribution in [0.25, 0.3) is 0 Å². The van der Waals surface area contributed by atoms with Crippen molar-refractivity contribution in [2.24, 2.45) is 21.5 Å². The third-order valence-electron chi connectivity index (χ3n) is 3.49. The number of rotatable bonds is 5. The number of carbonyl (C=O) groups excluding carboxylic acids is 1. The standard InChI is InChI=1S/C17H19N7O/c18-17(19)22-14-3-1-12(2-4-14)16(25)21-13-5-7-15(8-6-13)23-24-10-9-20-11-24/h1-8,11,23H,9-10H2,(H,21,25)(H4,18,19,22). The highest BCUT2D eigenvalue weighted by Crippen LogP contribution is 2.17. The highest BCUT2D eigenvalue weighted by molar-refractivity contribution is 6.04. The van der Waals surface area contributed by atoms with E-state index in [0.29, 0.717) is 16.9 Å². The maximum Gasteiger partial charge on any atom is 0.255 e. The third kappa shape index (κ3) is 4.47. The number of hydrogen-bond donors (Lipinski definition) is 4. The zero-order valence-corrected chi connectivity index (χ0v) is 13.5. The lowest BCUT2D eigenvalue weighted by atomic mass is 10.2. The van der Waals surface area contributed by atoms with Crippen molar-refractivity contribution in [3.8, 4) is 0 Å². The van der Waals surface area contributed by atoms with E-state index in [9.17, 15) is 4.79 Å². The molecule has 1 amide bonds. The molecule has 0 saturated heterocycles. The van der Waals surface area contributed by atoms with Crippen LogP contribution in [0, 0.1) is 0 Å². The van der Waals surface area contributed by atoms with Crippen LogP contribution in [0.15, 0.2) is 58.5 Å². The number of hydrazine groups is 1. The minimum absolute atomic E-state index is 0.0221. The monoisotopic (exact) mass is 337 g/mol. The van der Waals surface area contributed by atoms with E-state index >= 15 is 0 Å². The van der Waals surface area contributed by atoms with Crippen LogP contribution in [0.5, 0.6) is 0 Å². The van der Waals surface area contributed by atoms with Gasteiger partial charge in [0, 0.05) is 11.3 Å². The second kappa shape index (κ2) is 7.35. The SMILES string of the molecule is NC(N)=Nc1ccc(C(=O)Nc2ccc(NN3C=NCC3)cc2)cc1. The van der Waals surface area contributed by atoms with E-state index in [2.05, 4.69) is 20.7 Å². The van der Waals surface area contributed by atoms with Gasteiger partial charge in [0.1, 0.15) is 6.34 Å². The first kappa shape index (κ1) is 16.3. The van der Waals surface area contributed by atoms with Gasteiger partial charge < -0.3 is 16.8 Å². The van der Waals surface area contributed by atoms with Crippen molar-refractivity contribution >= 4 is 35.3 Å². The molecule has 2 aromatic carbocycles. The Hall–Kier alpha value is -3.55. The van der Waals surface area contributed by atoms with Crippen molar-refractivity contribution < 1.29 is 4.79 Å². The molecular weight excluding hydrogens is 318 g/mol. The molecule has 1 heterocycles. The van der Waals surface area contributed by atoms with Crippen molar-refractivity contribution in [2.45, 2.75) is 0 Å². The Morgan fingerprint density at radius 1 is 1.04 bits per heavy atom. The summed E-state index contributed by atoms with van der Waals surface area (Å²) >= 11 is 0. The van der Waals surface area contributed by atoms with Crippen LogP contribution in [0.3, 0.4) is 0 Å². The summed E-state index contributed by atoms with van der Waals surface area (Å²) in [6, 6.07) is 14.1. The zero-order chi connectivity index (χ0) is 17.6. The Labute approximate surface area is 145 Å². The molecule has 0 aliphatic carbocycles. The van der Waals surface area contributed by atoms with Crippen molar-refractivity contribution in [3.05, 3.63) is 54.1 Å². The second-order valence-electron chi connectivity index (χ2n) is 5.44. The maximum atomic E-state index is 12.3. The summed E-state index contributed by atoms with van der Waals surface area (Å²) in [6.07, 6.45) is 1.77. The zero-order valence-electron chi connectivity index (χ0n) is 13.5. The van der Waals surface area contributed by atoms with Crippen molar-refractivity contribution in [1.82, 2.24) is 5.01 Å². The first-order chi connectivity index (χ1) is 12.1. The molecule has 0 atom stereocenters. The van der Waals surface area contributed by atoms with Gasteiger partial charge in [-0.2, -0.15) is 0 Å². The number of carbonyl (C=O) groups is 1. The predicted molar refractivity (Wildman–Crippen MR) is 100.0 cm³/mol. The maximum absolute atomic E-state index is 12.3. The van der Waals surface area contributed by atoms with Crippen LogP contribution >= 0.6 is 0 Å². The molecule has 128 valence electrons. The van der Waals surface area contributed by atoms with E-state index in [1.807, 2.05) is 29.3 Å². The van der Waals surface area contributed by atoms with E-state index < -0.39 is 0 Å². The number of guanidine groups is 1. The molecule has 6 N–H and O–H groups in total.